The minimum atomic E-state index is -0.524. The molecule has 2 amide bonds. The predicted molar refractivity (Wildman–Crippen MR) is 82.3 cm³/mol. The van der Waals surface area contributed by atoms with Gasteiger partial charge in [-0.05, 0) is 18.2 Å². The first-order chi connectivity index (χ1) is 10.7. The second kappa shape index (κ2) is 5.19. The Morgan fingerprint density at radius 2 is 2.41 bits per heavy atom. The fraction of sp³-hybridized carbons (Fsp3) is 0.643. The Morgan fingerprint density at radius 1 is 1.50 bits per heavy atom. The lowest BCUT2D eigenvalue weighted by Crippen LogP contribution is -2.52. The highest BCUT2D eigenvalue weighted by atomic mass is 32.2. The van der Waals surface area contributed by atoms with Gasteiger partial charge in [0, 0.05) is 18.8 Å². The van der Waals surface area contributed by atoms with Crippen molar-refractivity contribution in [2.45, 2.75) is 24.9 Å². The van der Waals surface area contributed by atoms with E-state index in [0.29, 0.717) is 19.5 Å². The summed E-state index contributed by atoms with van der Waals surface area (Å²) in [6.07, 6.45) is 1.70. The fourth-order valence-corrected chi connectivity index (χ4v) is 4.38. The van der Waals surface area contributed by atoms with Crippen LogP contribution in [0.2, 0.25) is 0 Å². The van der Waals surface area contributed by atoms with Crippen molar-refractivity contribution in [3.8, 4) is 0 Å². The minimum Gasteiger partial charge on any atom is -0.439 e. The van der Waals surface area contributed by atoms with Gasteiger partial charge in [-0.15, -0.1) is 0 Å². The molecule has 1 atom stereocenters. The largest absolute Gasteiger partial charge is 0.439 e. The molecule has 118 valence electrons. The van der Waals surface area contributed by atoms with Crippen LogP contribution < -0.4 is 5.32 Å². The molecule has 1 spiro atoms. The Labute approximate surface area is 132 Å². The second-order valence-electron chi connectivity index (χ2n) is 6.06. The lowest BCUT2D eigenvalue weighted by Gasteiger charge is -2.38. The Balaban J connectivity index is 1.40. The molecule has 0 bridgehead atoms. The van der Waals surface area contributed by atoms with Gasteiger partial charge in [-0.25, -0.2) is 4.79 Å². The van der Waals surface area contributed by atoms with Gasteiger partial charge in [0.15, 0.2) is 5.17 Å². The maximum absolute atomic E-state index is 12.6. The highest BCUT2D eigenvalue weighted by molar-refractivity contribution is 8.16. The standard InChI is InChI=1S/C14H18N4O3S/c19-11(6-10-7-22-12-15-3-5-18(10)12)17-4-1-2-14(9-17)8-16-13(20)21-14/h7H,1-6,8-9H2,(H,16,20)/t14-/m1/s1. The Bertz CT molecular complexity index is 591. The third-order valence-corrected chi connectivity index (χ3v) is 5.49. The summed E-state index contributed by atoms with van der Waals surface area (Å²) in [5.74, 6) is 0.0991. The summed E-state index contributed by atoms with van der Waals surface area (Å²) in [4.78, 5) is 32.3. The molecule has 4 rings (SSSR count). The van der Waals surface area contributed by atoms with E-state index >= 15 is 0 Å². The van der Waals surface area contributed by atoms with Crippen molar-refractivity contribution in [1.29, 1.82) is 0 Å². The van der Waals surface area contributed by atoms with E-state index in [2.05, 4.69) is 15.2 Å². The van der Waals surface area contributed by atoms with Gasteiger partial charge in [-0.3, -0.25) is 9.79 Å². The number of amidine groups is 1. The summed E-state index contributed by atoms with van der Waals surface area (Å²) in [5.41, 5.74) is 0.511. The third kappa shape index (κ3) is 2.35. The van der Waals surface area contributed by atoms with E-state index in [1.807, 2.05) is 10.3 Å². The van der Waals surface area contributed by atoms with E-state index in [9.17, 15) is 9.59 Å². The highest BCUT2D eigenvalue weighted by Crippen LogP contribution is 2.33. The number of carbonyl (C=O) groups excluding carboxylic acids is 2. The molecule has 4 aliphatic rings. The van der Waals surface area contributed by atoms with Gasteiger partial charge in [0.1, 0.15) is 5.60 Å². The van der Waals surface area contributed by atoms with Gasteiger partial charge in [-0.2, -0.15) is 0 Å². The van der Waals surface area contributed by atoms with Crippen molar-refractivity contribution < 1.29 is 14.3 Å². The van der Waals surface area contributed by atoms with Crippen LogP contribution in [0.25, 0.3) is 0 Å². The van der Waals surface area contributed by atoms with E-state index in [0.717, 1.165) is 43.3 Å². The zero-order valence-electron chi connectivity index (χ0n) is 12.2. The summed E-state index contributed by atoms with van der Waals surface area (Å²) >= 11 is 1.59. The molecule has 0 unspecified atom stereocenters. The number of hydrogen-bond donors (Lipinski definition) is 1. The predicted octanol–water partition coefficient (Wildman–Crippen LogP) is 0.737. The van der Waals surface area contributed by atoms with Gasteiger partial charge in [0.05, 0.1) is 26.1 Å². The SMILES string of the molecule is O=C1NC[C@@]2(CCCN(C(=O)CC3=CSC4=NCCN34)C2)O1. The summed E-state index contributed by atoms with van der Waals surface area (Å²) in [7, 11) is 0. The van der Waals surface area contributed by atoms with Gasteiger partial charge >= 0.3 is 6.09 Å². The molecule has 7 nitrogen and oxygen atoms in total. The number of likely N-dealkylation sites (tertiary alicyclic amines) is 1. The molecule has 0 aromatic heterocycles. The van der Waals surface area contributed by atoms with Crippen LogP contribution in [0.4, 0.5) is 4.79 Å². The maximum Gasteiger partial charge on any atom is 0.407 e. The lowest BCUT2D eigenvalue weighted by atomic mass is 9.93. The molecule has 0 saturated carbocycles. The number of nitrogens with one attached hydrogen (secondary N) is 1. The molecular formula is C14H18N4O3S. The average Bonchev–Trinajstić information content (AvgIpc) is 3.18. The van der Waals surface area contributed by atoms with Crippen molar-refractivity contribution in [2.75, 3.05) is 32.7 Å². The average molecular weight is 322 g/mol. The number of alkyl carbamates (subject to hydrolysis) is 1. The van der Waals surface area contributed by atoms with Crippen LogP contribution in [0, 0.1) is 0 Å². The van der Waals surface area contributed by atoms with E-state index in [1.165, 1.54) is 0 Å². The minimum absolute atomic E-state index is 0.0991. The van der Waals surface area contributed by atoms with Crippen LogP contribution in [-0.2, 0) is 9.53 Å². The van der Waals surface area contributed by atoms with E-state index < -0.39 is 5.60 Å². The van der Waals surface area contributed by atoms with Crippen LogP contribution in [0.3, 0.4) is 0 Å². The topological polar surface area (TPSA) is 74.2 Å². The van der Waals surface area contributed by atoms with Gasteiger partial charge in [0.25, 0.3) is 0 Å². The first-order valence-electron chi connectivity index (χ1n) is 7.58. The number of nitrogens with zero attached hydrogens (tertiary/aromatic N) is 3. The van der Waals surface area contributed by atoms with Gasteiger partial charge in [0.2, 0.25) is 5.91 Å². The number of amides is 2. The maximum atomic E-state index is 12.6. The number of thioether (sulfide) groups is 1. The quantitative estimate of drug-likeness (QED) is 0.811. The highest BCUT2D eigenvalue weighted by Gasteiger charge is 2.45. The zero-order valence-corrected chi connectivity index (χ0v) is 13.0. The molecular weight excluding hydrogens is 304 g/mol. The summed E-state index contributed by atoms with van der Waals surface area (Å²) in [6.45, 7) is 3.40. The number of carbonyl (C=O) groups is 2. The molecule has 2 saturated heterocycles. The fourth-order valence-electron chi connectivity index (χ4n) is 3.42. The summed E-state index contributed by atoms with van der Waals surface area (Å²) < 4.78 is 5.42. The molecule has 0 aromatic rings. The van der Waals surface area contributed by atoms with Crippen molar-refractivity contribution in [2.24, 2.45) is 4.99 Å². The second-order valence-corrected chi connectivity index (χ2v) is 6.90. The number of fused-ring (bicyclic) bond motifs is 1. The molecule has 0 radical (unpaired) electrons. The first kappa shape index (κ1) is 13.9. The number of aliphatic imine (C=N–C) groups is 1. The zero-order chi connectivity index (χ0) is 15.2. The molecule has 1 N–H and O–H groups in total. The van der Waals surface area contributed by atoms with Crippen molar-refractivity contribution in [1.82, 2.24) is 15.1 Å². The van der Waals surface area contributed by atoms with E-state index in [-0.39, 0.29) is 12.0 Å². The van der Waals surface area contributed by atoms with Crippen LogP contribution in [0.5, 0.6) is 0 Å². The monoisotopic (exact) mass is 322 g/mol. The summed E-state index contributed by atoms with van der Waals surface area (Å²) in [6, 6.07) is 0. The summed E-state index contributed by atoms with van der Waals surface area (Å²) in [5, 5.41) is 5.73. The Morgan fingerprint density at radius 3 is 3.23 bits per heavy atom. The van der Waals surface area contributed by atoms with Crippen LogP contribution >= 0.6 is 11.8 Å². The van der Waals surface area contributed by atoms with Crippen molar-refractivity contribution in [3.05, 3.63) is 11.1 Å². The van der Waals surface area contributed by atoms with E-state index in [1.54, 1.807) is 11.8 Å². The number of ether oxygens (including phenoxy) is 1. The molecule has 0 aliphatic carbocycles. The molecule has 0 aromatic carbocycles. The number of hydrogen-bond acceptors (Lipinski definition) is 6. The lowest BCUT2D eigenvalue weighted by molar-refractivity contribution is -0.136. The molecule has 22 heavy (non-hydrogen) atoms. The Kier molecular flexibility index (Phi) is 3.28. The molecule has 4 aliphatic heterocycles. The Hall–Kier alpha value is -1.70. The number of piperidine rings is 1. The van der Waals surface area contributed by atoms with Crippen molar-refractivity contribution >= 4 is 28.9 Å². The van der Waals surface area contributed by atoms with Crippen LogP contribution in [0.1, 0.15) is 19.3 Å². The smallest absolute Gasteiger partial charge is 0.407 e. The third-order valence-electron chi connectivity index (χ3n) is 4.54. The molecule has 2 fully saturated rings. The van der Waals surface area contributed by atoms with Crippen LogP contribution in [0.15, 0.2) is 16.1 Å². The van der Waals surface area contributed by atoms with Crippen molar-refractivity contribution in [3.63, 3.8) is 0 Å². The number of rotatable bonds is 2. The molecule has 4 heterocycles. The van der Waals surface area contributed by atoms with E-state index in [4.69, 9.17) is 4.74 Å². The normalized spacial score (nSPS) is 30.1. The van der Waals surface area contributed by atoms with Gasteiger partial charge in [-0.1, -0.05) is 11.8 Å². The first-order valence-corrected chi connectivity index (χ1v) is 8.46. The molecule has 8 heteroatoms. The van der Waals surface area contributed by atoms with Crippen LogP contribution in [-0.4, -0.2) is 65.3 Å². The van der Waals surface area contributed by atoms with Gasteiger partial charge < -0.3 is 19.9 Å².